The first-order valence-corrected chi connectivity index (χ1v) is 6.73. The molecule has 94 valence electrons. The third kappa shape index (κ3) is 2.04. The Hall–Kier alpha value is -2.08. The van der Waals surface area contributed by atoms with Crippen molar-refractivity contribution in [3.8, 4) is 11.1 Å². The van der Waals surface area contributed by atoms with Crippen molar-refractivity contribution >= 4 is 10.8 Å². The van der Waals surface area contributed by atoms with E-state index in [1.165, 1.54) is 38.6 Å². The first-order chi connectivity index (χ1) is 9.16. The van der Waals surface area contributed by atoms with Crippen LogP contribution in [0.15, 0.2) is 54.6 Å². The van der Waals surface area contributed by atoms with Gasteiger partial charge in [0.25, 0.3) is 0 Å². The van der Waals surface area contributed by atoms with Crippen molar-refractivity contribution in [2.75, 3.05) is 0 Å². The van der Waals surface area contributed by atoms with Gasteiger partial charge in [-0.25, -0.2) is 0 Å². The molecule has 19 heavy (non-hydrogen) atoms. The number of benzene rings is 3. The molecule has 0 radical (unpaired) electrons. The van der Waals surface area contributed by atoms with Crippen LogP contribution in [0.1, 0.15) is 16.7 Å². The zero-order chi connectivity index (χ0) is 13.4. The van der Waals surface area contributed by atoms with Gasteiger partial charge in [-0.15, -0.1) is 0 Å². The molecule has 0 nitrogen and oxygen atoms in total. The van der Waals surface area contributed by atoms with Gasteiger partial charge in [0.15, 0.2) is 0 Å². The molecule has 0 fully saturated rings. The molecule has 3 aromatic rings. The summed E-state index contributed by atoms with van der Waals surface area (Å²) in [7, 11) is 0. The van der Waals surface area contributed by atoms with Crippen molar-refractivity contribution in [1.82, 2.24) is 0 Å². The summed E-state index contributed by atoms with van der Waals surface area (Å²) < 4.78 is 0. The number of hydrogen-bond donors (Lipinski definition) is 0. The molecule has 0 aliphatic heterocycles. The number of fused-ring (bicyclic) bond motifs is 1. The van der Waals surface area contributed by atoms with Crippen LogP contribution in [0.3, 0.4) is 0 Å². The fourth-order valence-electron chi connectivity index (χ4n) is 2.67. The average Bonchev–Trinajstić information content (AvgIpc) is 2.44. The van der Waals surface area contributed by atoms with Gasteiger partial charge >= 0.3 is 0 Å². The molecule has 3 rings (SSSR count). The molecule has 0 aliphatic carbocycles. The van der Waals surface area contributed by atoms with Gasteiger partial charge < -0.3 is 0 Å². The molecular formula is C19H18. The molecule has 0 saturated heterocycles. The Morgan fingerprint density at radius 3 is 2.11 bits per heavy atom. The number of rotatable bonds is 1. The Bertz CT molecular complexity index is 734. The topological polar surface area (TPSA) is 0 Å². The van der Waals surface area contributed by atoms with E-state index in [1.807, 2.05) is 0 Å². The second kappa shape index (κ2) is 4.55. The molecule has 0 heterocycles. The lowest BCUT2D eigenvalue weighted by atomic mass is 9.92. The standard InChI is InChI=1S/C19H18/c1-13-8-10-16(11-9-13)19-12-17-6-4-5-7-18(17)14(2)15(19)3/h4-12H,1-3H3. The molecule has 0 atom stereocenters. The first kappa shape index (κ1) is 12.0. The van der Waals surface area contributed by atoms with Gasteiger partial charge in [-0.3, -0.25) is 0 Å². The Balaban J connectivity index is 2.29. The molecule has 0 amide bonds. The van der Waals surface area contributed by atoms with Crippen LogP contribution in [0.5, 0.6) is 0 Å². The lowest BCUT2D eigenvalue weighted by molar-refractivity contribution is 1.37. The van der Waals surface area contributed by atoms with Crippen molar-refractivity contribution in [2.45, 2.75) is 20.8 Å². The second-order valence-electron chi connectivity index (χ2n) is 5.26. The maximum absolute atomic E-state index is 2.31. The average molecular weight is 246 g/mol. The maximum atomic E-state index is 2.31. The predicted octanol–water partition coefficient (Wildman–Crippen LogP) is 5.43. The molecule has 0 saturated carbocycles. The Morgan fingerprint density at radius 1 is 0.684 bits per heavy atom. The zero-order valence-electron chi connectivity index (χ0n) is 11.7. The van der Waals surface area contributed by atoms with Gasteiger partial charge in [0, 0.05) is 0 Å². The van der Waals surface area contributed by atoms with E-state index in [0.29, 0.717) is 0 Å². The van der Waals surface area contributed by atoms with Crippen molar-refractivity contribution in [3.05, 3.63) is 71.3 Å². The van der Waals surface area contributed by atoms with Crippen LogP contribution < -0.4 is 0 Å². The normalized spacial score (nSPS) is 10.9. The summed E-state index contributed by atoms with van der Waals surface area (Å²) in [5.41, 5.74) is 6.71. The molecule has 0 aliphatic rings. The SMILES string of the molecule is Cc1ccc(-c2cc3ccccc3c(C)c2C)cc1. The Labute approximate surface area is 114 Å². The number of aryl methyl sites for hydroxylation is 2. The lowest BCUT2D eigenvalue weighted by Crippen LogP contribution is -1.90. The molecule has 3 aromatic carbocycles. The van der Waals surface area contributed by atoms with Crippen LogP contribution in [0.25, 0.3) is 21.9 Å². The molecule has 0 unspecified atom stereocenters. The fraction of sp³-hybridized carbons (Fsp3) is 0.158. The highest BCUT2D eigenvalue weighted by molar-refractivity contribution is 5.92. The molecule has 0 heteroatoms. The van der Waals surface area contributed by atoms with E-state index in [1.54, 1.807) is 0 Å². The molecular weight excluding hydrogens is 228 g/mol. The van der Waals surface area contributed by atoms with Crippen molar-refractivity contribution < 1.29 is 0 Å². The summed E-state index contributed by atoms with van der Waals surface area (Å²) in [5.74, 6) is 0. The smallest absolute Gasteiger partial charge is 0.0146 e. The van der Waals surface area contributed by atoms with Crippen LogP contribution in [0, 0.1) is 20.8 Å². The number of hydrogen-bond acceptors (Lipinski definition) is 0. The second-order valence-corrected chi connectivity index (χ2v) is 5.26. The van der Waals surface area contributed by atoms with Crippen LogP contribution in [-0.2, 0) is 0 Å². The highest BCUT2D eigenvalue weighted by atomic mass is 14.1. The quantitative estimate of drug-likeness (QED) is 0.537. The summed E-state index contributed by atoms with van der Waals surface area (Å²) >= 11 is 0. The summed E-state index contributed by atoms with van der Waals surface area (Å²) in [6, 6.07) is 19.7. The van der Waals surface area contributed by atoms with Crippen LogP contribution in [0.4, 0.5) is 0 Å². The van der Waals surface area contributed by atoms with E-state index in [2.05, 4.69) is 75.4 Å². The van der Waals surface area contributed by atoms with E-state index in [9.17, 15) is 0 Å². The summed E-state index contributed by atoms with van der Waals surface area (Å²) in [5, 5.41) is 2.68. The Kier molecular flexibility index (Phi) is 2.87. The van der Waals surface area contributed by atoms with Crippen LogP contribution in [0.2, 0.25) is 0 Å². The van der Waals surface area contributed by atoms with Gasteiger partial charge in [-0.05, 0) is 59.9 Å². The first-order valence-electron chi connectivity index (χ1n) is 6.73. The minimum atomic E-state index is 1.30. The highest BCUT2D eigenvalue weighted by Gasteiger charge is 2.08. The van der Waals surface area contributed by atoms with Crippen molar-refractivity contribution in [2.24, 2.45) is 0 Å². The van der Waals surface area contributed by atoms with Crippen molar-refractivity contribution in [3.63, 3.8) is 0 Å². The monoisotopic (exact) mass is 246 g/mol. The minimum absolute atomic E-state index is 1.30. The van der Waals surface area contributed by atoms with Crippen LogP contribution in [-0.4, -0.2) is 0 Å². The van der Waals surface area contributed by atoms with Gasteiger partial charge in [0.2, 0.25) is 0 Å². The molecule has 0 spiro atoms. The summed E-state index contributed by atoms with van der Waals surface area (Å²) in [6.45, 7) is 6.56. The fourth-order valence-corrected chi connectivity index (χ4v) is 2.67. The van der Waals surface area contributed by atoms with Gasteiger partial charge in [-0.2, -0.15) is 0 Å². The zero-order valence-corrected chi connectivity index (χ0v) is 11.7. The van der Waals surface area contributed by atoms with Crippen LogP contribution >= 0.6 is 0 Å². The predicted molar refractivity (Wildman–Crippen MR) is 83.6 cm³/mol. The maximum Gasteiger partial charge on any atom is -0.0146 e. The molecule has 0 N–H and O–H groups in total. The van der Waals surface area contributed by atoms with E-state index in [4.69, 9.17) is 0 Å². The third-order valence-electron chi connectivity index (χ3n) is 3.99. The summed E-state index contributed by atoms with van der Waals surface area (Å²) in [4.78, 5) is 0. The largest absolute Gasteiger partial charge is 0.0616 e. The van der Waals surface area contributed by atoms with E-state index < -0.39 is 0 Å². The summed E-state index contributed by atoms with van der Waals surface area (Å²) in [6.07, 6.45) is 0. The third-order valence-corrected chi connectivity index (χ3v) is 3.99. The van der Waals surface area contributed by atoms with Gasteiger partial charge in [-0.1, -0.05) is 54.1 Å². The highest BCUT2D eigenvalue weighted by Crippen LogP contribution is 2.31. The van der Waals surface area contributed by atoms with E-state index in [-0.39, 0.29) is 0 Å². The Morgan fingerprint density at radius 2 is 1.37 bits per heavy atom. The molecule has 0 aromatic heterocycles. The van der Waals surface area contributed by atoms with Crippen molar-refractivity contribution in [1.29, 1.82) is 0 Å². The minimum Gasteiger partial charge on any atom is -0.0616 e. The van der Waals surface area contributed by atoms with E-state index >= 15 is 0 Å². The molecule has 0 bridgehead atoms. The van der Waals surface area contributed by atoms with Gasteiger partial charge in [0.1, 0.15) is 0 Å². The van der Waals surface area contributed by atoms with Gasteiger partial charge in [0.05, 0.1) is 0 Å². The lowest BCUT2D eigenvalue weighted by Gasteiger charge is -2.13. The van der Waals surface area contributed by atoms with E-state index in [0.717, 1.165) is 0 Å².